The Hall–Kier alpha value is -2.18. The molecular weight excluding hydrogens is 222 g/mol. The maximum absolute atomic E-state index is 10.4. The Morgan fingerprint density at radius 2 is 2.29 bits per heavy atom. The Kier molecular flexibility index (Phi) is 3.17. The average molecular weight is 235 g/mol. The topological polar surface area (TPSA) is 84.2 Å². The summed E-state index contributed by atoms with van der Waals surface area (Å²) in [4.78, 5) is 20.1. The van der Waals surface area contributed by atoms with E-state index in [2.05, 4.69) is 15.3 Å². The van der Waals surface area contributed by atoms with Crippen LogP contribution < -0.4 is 5.32 Å². The Labute approximate surface area is 98.3 Å². The fraction of sp³-hybridized carbons (Fsp3) is 0.400. The third-order valence-electron chi connectivity index (χ3n) is 2.46. The van der Waals surface area contributed by atoms with Crippen molar-refractivity contribution in [3.63, 3.8) is 0 Å². The van der Waals surface area contributed by atoms with Gasteiger partial charge in [0.05, 0.1) is 4.92 Å². The van der Waals surface area contributed by atoms with Crippen LogP contribution >= 0.6 is 0 Å². The summed E-state index contributed by atoms with van der Waals surface area (Å²) in [5.41, 5.74) is 0.938. The normalized spacial score (nSPS) is 17.2. The highest BCUT2D eigenvalue weighted by atomic mass is 16.6. The summed E-state index contributed by atoms with van der Waals surface area (Å²) in [6.45, 7) is 3.85. The molecule has 1 aromatic rings. The van der Waals surface area contributed by atoms with E-state index in [4.69, 9.17) is 0 Å². The lowest BCUT2D eigenvalue weighted by atomic mass is 10.3. The van der Waals surface area contributed by atoms with Gasteiger partial charge in [-0.2, -0.15) is 0 Å². The van der Waals surface area contributed by atoms with Gasteiger partial charge in [0.15, 0.2) is 5.82 Å². The first-order chi connectivity index (χ1) is 8.15. The number of nitrogens with zero attached hydrogens (tertiary/aromatic N) is 4. The largest absolute Gasteiger partial charge is 0.365 e. The van der Waals surface area contributed by atoms with Gasteiger partial charge >= 0.3 is 0 Å². The SMILES string of the molecule is Cc1ncc(CN2CCN/C2=C/[N+](=O)[O-])cn1. The van der Waals surface area contributed by atoms with Gasteiger partial charge < -0.3 is 10.2 Å². The van der Waals surface area contributed by atoms with Crippen molar-refractivity contribution in [2.24, 2.45) is 0 Å². The van der Waals surface area contributed by atoms with Crippen LogP contribution in [0.1, 0.15) is 11.4 Å². The number of aryl methyl sites for hydroxylation is 1. The molecule has 0 spiro atoms. The minimum Gasteiger partial charge on any atom is -0.365 e. The number of rotatable bonds is 3. The zero-order chi connectivity index (χ0) is 12.3. The molecule has 1 N–H and O–H groups in total. The molecule has 1 fully saturated rings. The molecule has 0 unspecified atom stereocenters. The van der Waals surface area contributed by atoms with E-state index in [1.807, 2.05) is 11.8 Å². The van der Waals surface area contributed by atoms with Gasteiger partial charge in [0.25, 0.3) is 6.20 Å². The molecule has 1 saturated heterocycles. The standard InChI is InChI=1S/C10H13N5O2/c1-8-12-4-9(5-13-8)6-14-3-2-11-10(14)7-15(16)17/h4-5,7,11H,2-3,6H2,1H3/b10-7-. The van der Waals surface area contributed by atoms with Crippen molar-refractivity contribution in [2.45, 2.75) is 13.5 Å². The highest BCUT2D eigenvalue weighted by Gasteiger charge is 2.19. The predicted molar refractivity (Wildman–Crippen MR) is 60.3 cm³/mol. The van der Waals surface area contributed by atoms with Crippen LogP contribution in [0.2, 0.25) is 0 Å². The molecule has 0 aliphatic carbocycles. The number of hydrogen-bond donors (Lipinski definition) is 1. The summed E-state index contributed by atoms with van der Waals surface area (Å²) in [6.07, 6.45) is 4.47. The van der Waals surface area contributed by atoms with Crippen LogP contribution in [0.5, 0.6) is 0 Å². The Morgan fingerprint density at radius 3 is 2.94 bits per heavy atom. The molecule has 0 radical (unpaired) electrons. The van der Waals surface area contributed by atoms with Crippen LogP contribution in [0.3, 0.4) is 0 Å². The lowest BCUT2D eigenvalue weighted by Crippen LogP contribution is -2.20. The van der Waals surface area contributed by atoms with Gasteiger partial charge in [0, 0.05) is 37.6 Å². The molecule has 7 heteroatoms. The van der Waals surface area contributed by atoms with Gasteiger partial charge in [0.1, 0.15) is 5.82 Å². The van der Waals surface area contributed by atoms with Crippen LogP contribution in [0.25, 0.3) is 0 Å². The van der Waals surface area contributed by atoms with Gasteiger partial charge in [-0.05, 0) is 6.92 Å². The first-order valence-corrected chi connectivity index (χ1v) is 5.27. The molecular formula is C10H13N5O2. The second-order valence-electron chi connectivity index (χ2n) is 3.79. The Bertz CT molecular complexity index is 443. The second kappa shape index (κ2) is 4.77. The van der Waals surface area contributed by atoms with E-state index in [0.717, 1.165) is 18.3 Å². The van der Waals surface area contributed by atoms with Crippen molar-refractivity contribution in [2.75, 3.05) is 13.1 Å². The fourth-order valence-electron chi connectivity index (χ4n) is 1.66. The number of aromatic nitrogens is 2. The Morgan fingerprint density at radius 1 is 1.59 bits per heavy atom. The van der Waals surface area contributed by atoms with Crippen LogP contribution in [0.15, 0.2) is 24.4 Å². The zero-order valence-electron chi connectivity index (χ0n) is 9.46. The van der Waals surface area contributed by atoms with Crippen LogP contribution in [-0.2, 0) is 6.54 Å². The average Bonchev–Trinajstić information content (AvgIpc) is 2.68. The van der Waals surface area contributed by atoms with Crippen molar-refractivity contribution in [3.8, 4) is 0 Å². The molecule has 17 heavy (non-hydrogen) atoms. The van der Waals surface area contributed by atoms with Crippen molar-refractivity contribution >= 4 is 0 Å². The van der Waals surface area contributed by atoms with Gasteiger partial charge in [-0.15, -0.1) is 0 Å². The van der Waals surface area contributed by atoms with E-state index in [1.54, 1.807) is 12.4 Å². The highest BCUT2D eigenvalue weighted by Crippen LogP contribution is 2.11. The van der Waals surface area contributed by atoms with E-state index in [0.29, 0.717) is 24.7 Å². The molecule has 90 valence electrons. The van der Waals surface area contributed by atoms with Gasteiger partial charge in [-0.25, -0.2) is 9.97 Å². The number of hydrogen-bond acceptors (Lipinski definition) is 6. The second-order valence-corrected chi connectivity index (χ2v) is 3.79. The van der Waals surface area contributed by atoms with E-state index in [-0.39, 0.29) is 0 Å². The molecule has 0 aromatic carbocycles. The van der Waals surface area contributed by atoms with E-state index in [1.165, 1.54) is 0 Å². The smallest absolute Gasteiger partial charge is 0.274 e. The number of nitrogens with one attached hydrogen (secondary N) is 1. The molecule has 7 nitrogen and oxygen atoms in total. The summed E-state index contributed by atoms with van der Waals surface area (Å²) in [5.74, 6) is 1.25. The monoisotopic (exact) mass is 235 g/mol. The fourth-order valence-corrected chi connectivity index (χ4v) is 1.66. The summed E-state index contributed by atoms with van der Waals surface area (Å²) < 4.78 is 0. The summed E-state index contributed by atoms with van der Waals surface area (Å²) in [6, 6.07) is 0. The third kappa shape index (κ3) is 2.90. The van der Waals surface area contributed by atoms with Crippen molar-refractivity contribution in [1.82, 2.24) is 20.2 Å². The molecule has 2 heterocycles. The van der Waals surface area contributed by atoms with Gasteiger partial charge in [-0.3, -0.25) is 10.1 Å². The zero-order valence-corrected chi connectivity index (χ0v) is 9.46. The molecule has 0 atom stereocenters. The lowest BCUT2D eigenvalue weighted by molar-refractivity contribution is -0.404. The summed E-state index contributed by atoms with van der Waals surface area (Å²) in [7, 11) is 0. The molecule has 1 aromatic heterocycles. The third-order valence-corrected chi connectivity index (χ3v) is 2.46. The lowest BCUT2D eigenvalue weighted by Gasteiger charge is -2.16. The van der Waals surface area contributed by atoms with Gasteiger partial charge in [0.2, 0.25) is 0 Å². The van der Waals surface area contributed by atoms with Crippen LogP contribution in [0.4, 0.5) is 0 Å². The van der Waals surface area contributed by atoms with E-state index < -0.39 is 4.92 Å². The highest BCUT2D eigenvalue weighted by molar-refractivity contribution is 5.09. The Balaban J connectivity index is 2.07. The summed E-state index contributed by atoms with van der Waals surface area (Å²) in [5, 5.41) is 13.4. The molecule has 0 saturated carbocycles. The summed E-state index contributed by atoms with van der Waals surface area (Å²) >= 11 is 0. The predicted octanol–water partition coefficient (Wildman–Crippen LogP) is 0.266. The van der Waals surface area contributed by atoms with Crippen molar-refractivity contribution in [1.29, 1.82) is 0 Å². The minimum absolute atomic E-state index is 0.452. The van der Waals surface area contributed by atoms with Crippen LogP contribution in [-0.4, -0.2) is 32.9 Å². The van der Waals surface area contributed by atoms with Gasteiger partial charge in [-0.1, -0.05) is 0 Å². The minimum atomic E-state index is -0.452. The quantitative estimate of drug-likeness (QED) is 0.598. The molecule has 0 amide bonds. The molecule has 0 bridgehead atoms. The van der Waals surface area contributed by atoms with Crippen molar-refractivity contribution < 1.29 is 4.92 Å². The maximum atomic E-state index is 10.4. The first kappa shape index (κ1) is 11.3. The van der Waals surface area contributed by atoms with E-state index in [9.17, 15) is 10.1 Å². The molecule has 2 rings (SSSR count). The van der Waals surface area contributed by atoms with Crippen LogP contribution in [0, 0.1) is 17.0 Å². The number of nitro groups is 1. The first-order valence-electron chi connectivity index (χ1n) is 5.27. The molecule has 1 aliphatic rings. The van der Waals surface area contributed by atoms with E-state index >= 15 is 0 Å². The maximum Gasteiger partial charge on any atom is 0.274 e. The molecule has 1 aliphatic heterocycles. The van der Waals surface area contributed by atoms with Crippen molar-refractivity contribution in [3.05, 3.63) is 45.9 Å².